The molecule has 0 spiro atoms. The van der Waals surface area contributed by atoms with E-state index >= 15 is 0 Å². The Labute approximate surface area is 102 Å². The van der Waals surface area contributed by atoms with Gasteiger partial charge in [0.1, 0.15) is 17.6 Å². The summed E-state index contributed by atoms with van der Waals surface area (Å²) in [6, 6.07) is 6.02. The summed E-state index contributed by atoms with van der Waals surface area (Å²) in [6.07, 6.45) is 4.77. The maximum absolute atomic E-state index is 10.4. The third kappa shape index (κ3) is 2.23. The first-order valence-corrected chi connectivity index (χ1v) is 6.40. The second kappa shape index (κ2) is 4.93. The van der Waals surface area contributed by atoms with Crippen molar-refractivity contribution in [1.82, 2.24) is 0 Å². The monoisotopic (exact) mass is 233 g/mol. The topological polar surface area (TPSA) is 57.2 Å². The molecular weight excluding hydrogens is 214 g/mol. The molecule has 1 aromatic rings. The summed E-state index contributed by atoms with van der Waals surface area (Å²) in [5.74, 6) is 1.41. The van der Waals surface area contributed by atoms with Crippen molar-refractivity contribution in [1.29, 1.82) is 5.26 Å². The third-order valence-electron chi connectivity index (χ3n) is 3.79. The molecule has 1 aromatic heterocycles. The van der Waals surface area contributed by atoms with Crippen LogP contribution in [-0.2, 0) is 6.42 Å². The Hall–Kier alpha value is -1.27. The molecule has 0 aliphatic heterocycles. The van der Waals surface area contributed by atoms with Crippen LogP contribution in [0.15, 0.2) is 16.5 Å². The molecule has 3 heteroatoms. The average Bonchev–Trinajstić information content (AvgIpc) is 2.87. The highest BCUT2D eigenvalue weighted by molar-refractivity contribution is 5.17. The molecule has 2 rings (SSSR count). The molecule has 3 nitrogen and oxygen atoms in total. The summed E-state index contributed by atoms with van der Waals surface area (Å²) < 4.78 is 5.57. The summed E-state index contributed by atoms with van der Waals surface area (Å²) >= 11 is 0. The highest BCUT2D eigenvalue weighted by Gasteiger charge is 2.41. The maximum Gasteiger partial charge on any atom is 0.134 e. The van der Waals surface area contributed by atoms with Crippen LogP contribution in [-0.4, -0.2) is 5.11 Å². The first-order chi connectivity index (χ1) is 8.22. The van der Waals surface area contributed by atoms with Gasteiger partial charge in [0.15, 0.2) is 0 Å². The van der Waals surface area contributed by atoms with E-state index in [1.807, 2.05) is 13.0 Å². The molecule has 0 aromatic carbocycles. The number of aliphatic hydroxyl groups is 1. The number of nitrogens with zero attached hydrogens (tertiary/aromatic N) is 1. The van der Waals surface area contributed by atoms with Crippen LogP contribution in [0, 0.1) is 16.7 Å². The second-order valence-electron chi connectivity index (χ2n) is 4.89. The zero-order valence-electron chi connectivity index (χ0n) is 10.3. The van der Waals surface area contributed by atoms with Gasteiger partial charge in [-0.2, -0.15) is 5.26 Å². The Morgan fingerprint density at radius 3 is 2.65 bits per heavy atom. The van der Waals surface area contributed by atoms with E-state index in [-0.39, 0.29) is 0 Å². The highest BCUT2D eigenvalue weighted by atomic mass is 16.4. The van der Waals surface area contributed by atoms with Crippen molar-refractivity contribution in [2.45, 2.75) is 51.6 Å². The van der Waals surface area contributed by atoms with E-state index < -0.39 is 11.5 Å². The zero-order chi connectivity index (χ0) is 12.3. The largest absolute Gasteiger partial charge is 0.463 e. The number of hydrogen-bond acceptors (Lipinski definition) is 3. The maximum atomic E-state index is 10.4. The fourth-order valence-corrected chi connectivity index (χ4v) is 2.63. The standard InChI is InChI=1S/C14H19NO2/c1-2-11-6-7-12(17-11)13(16)14(10-15)8-4-3-5-9-14/h6-7,13,16H,2-5,8-9H2,1H3. The summed E-state index contributed by atoms with van der Waals surface area (Å²) in [5, 5.41) is 19.8. The van der Waals surface area contributed by atoms with Crippen molar-refractivity contribution in [3.63, 3.8) is 0 Å². The number of rotatable bonds is 3. The molecule has 0 radical (unpaired) electrons. The molecule has 0 saturated heterocycles. The van der Waals surface area contributed by atoms with Gasteiger partial charge in [0.25, 0.3) is 0 Å². The number of aryl methyl sites for hydroxylation is 1. The van der Waals surface area contributed by atoms with E-state index in [4.69, 9.17) is 4.42 Å². The summed E-state index contributed by atoms with van der Waals surface area (Å²) in [6.45, 7) is 2.01. The van der Waals surface area contributed by atoms with Crippen LogP contribution in [0.4, 0.5) is 0 Å². The van der Waals surface area contributed by atoms with Gasteiger partial charge >= 0.3 is 0 Å². The van der Waals surface area contributed by atoms with Crippen molar-refractivity contribution >= 4 is 0 Å². The molecule has 1 atom stereocenters. The van der Waals surface area contributed by atoms with E-state index in [0.717, 1.165) is 44.3 Å². The smallest absolute Gasteiger partial charge is 0.134 e. The first kappa shape index (κ1) is 12.2. The molecule has 1 fully saturated rings. The van der Waals surface area contributed by atoms with Crippen molar-refractivity contribution < 1.29 is 9.52 Å². The fourth-order valence-electron chi connectivity index (χ4n) is 2.63. The normalized spacial score (nSPS) is 20.8. The molecule has 0 bridgehead atoms. The van der Waals surface area contributed by atoms with Crippen LogP contribution in [0.25, 0.3) is 0 Å². The summed E-state index contributed by atoms with van der Waals surface area (Å²) in [7, 11) is 0. The Morgan fingerprint density at radius 2 is 2.12 bits per heavy atom. The Balaban J connectivity index is 2.22. The molecule has 1 heterocycles. The predicted octanol–water partition coefficient (Wildman–Crippen LogP) is 3.35. The van der Waals surface area contributed by atoms with Crippen LogP contribution in [0.2, 0.25) is 0 Å². The first-order valence-electron chi connectivity index (χ1n) is 6.40. The molecule has 1 N–H and O–H groups in total. The second-order valence-corrected chi connectivity index (χ2v) is 4.89. The molecule has 0 amide bonds. The number of nitriles is 1. The Morgan fingerprint density at radius 1 is 1.41 bits per heavy atom. The molecule has 1 aliphatic rings. The number of furan rings is 1. The number of hydrogen-bond donors (Lipinski definition) is 1. The van der Waals surface area contributed by atoms with Crippen molar-refractivity contribution in [3.8, 4) is 6.07 Å². The summed E-state index contributed by atoms with van der Waals surface area (Å²) in [4.78, 5) is 0. The summed E-state index contributed by atoms with van der Waals surface area (Å²) in [5.41, 5.74) is -0.638. The van der Waals surface area contributed by atoms with Gasteiger partial charge in [-0.1, -0.05) is 26.2 Å². The zero-order valence-corrected chi connectivity index (χ0v) is 10.3. The van der Waals surface area contributed by atoms with Crippen LogP contribution in [0.1, 0.15) is 56.7 Å². The van der Waals surface area contributed by atoms with Gasteiger partial charge in [-0.15, -0.1) is 0 Å². The van der Waals surface area contributed by atoms with E-state index in [1.165, 1.54) is 0 Å². The minimum absolute atomic E-state index is 0.547. The molecule has 17 heavy (non-hydrogen) atoms. The SMILES string of the molecule is CCc1ccc(C(O)C2(C#N)CCCCC2)o1. The van der Waals surface area contributed by atoms with Crippen LogP contribution in [0.5, 0.6) is 0 Å². The average molecular weight is 233 g/mol. The van der Waals surface area contributed by atoms with Gasteiger partial charge < -0.3 is 9.52 Å². The molecule has 1 aliphatic carbocycles. The quantitative estimate of drug-likeness (QED) is 0.871. The van der Waals surface area contributed by atoms with Gasteiger partial charge in [0.05, 0.1) is 11.5 Å². The molecule has 92 valence electrons. The third-order valence-corrected chi connectivity index (χ3v) is 3.79. The van der Waals surface area contributed by atoms with Gasteiger partial charge in [-0.05, 0) is 25.0 Å². The lowest BCUT2D eigenvalue weighted by atomic mass is 9.70. The van der Waals surface area contributed by atoms with E-state index in [9.17, 15) is 10.4 Å². The lowest BCUT2D eigenvalue weighted by Gasteiger charge is -2.33. The van der Waals surface area contributed by atoms with Crippen molar-refractivity contribution in [2.24, 2.45) is 5.41 Å². The van der Waals surface area contributed by atoms with Gasteiger partial charge in [0.2, 0.25) is 0 Å². The Bertz CT molecular complexity index is 410. The van der Waals surface area contributed by atoms with Crippen LogP contribution in [0.3, 0.4) is 0 Å². The highest BCUT2D eigenvalue weighted by Crippen LogP contribution is 2.45. The lowest BCUT2D eigenvalue weighted by Crippen LogP contribution is -2.29. The van der Waals surface area contributed by atoms with Crippen molar-refractivity contribution in [3.05, 3.63) is 23.7 Å². The Kier molecular flexibility index (Phi) is 3.54. The van der Waals surface area contributed by atoms with Crippen LogP contribution >= 0.6 is 0 Å². The van der Waals surface area contributed by atoms with Gasteiger partial charge in [0, 0.05) is 6.42 Å². The van der Waals surface area contributed by atoms with Gasteiger partial charge in [-0.3, -0.25) is 0 Å². The molecule has 1 saturated carbocycles. The minimum atomic E-state index is -0.784. The van der Waals surface area contributed by atoms with E-state index in [0.29, 0.717) is 5.76 Å². The molecular formula is C14H19NO2. The minimum Gasteiger partial charge on any atom is -0.463 e. The van der Waals surface area contributed by atoms with E-state index in [1.54, 1.807) is 6.07 Å². The van der Waals surface area contributed by atoms with Crippen LogP contribution < -0.4 is 0 Å². The van der Waals surface area contributed by atoms with Gasteiger partial charge in [-0.25, -0.2) is 0 Å². The lowest BCUT2D eigenvalue weighted by molar-refractivity contribution is 0.0191. The number of aliphatic hydroxyl groups excluding tert-OH is 1. The predicted molar refractivity (Wildman–Crippen MR) is 64.2 cm³/mol. The fraction of sp³-hybridized carbons (Fsp3) is 0.643. The molecule has 1 unspecified atom stereocenters. The van der Waals surface area contributed by atoms with Crippen molar-refractivity contribution in [2.75, 3.05) is 0 Å². The van der Waals surface area contributed by atoms with E-state index in [2.05, 4.69) is 6.07 Å².